The van der Waals surface area contributed by atoms with Crippen molar-refractivity contribution < 1.29 is 18.0 Å². The fraction of sp³-hybridized carbons (Fsp3) is 0.350. The number of hydrogen-bond donors (Lipinski definition) is 0. The second-order valence-electron chi connectivity index (χ2n) is 6.47. The van der Waals surface area contributed by atoms with E-state index in [0.717, 1.165) is 12.1 Å². The zero-order chi connectivity index (χ0) is 18.6. The second-order valence-corrected chi connectivity index (χ2v) is 6.47. The van der Waals surface area contributed by atoms with Crippen molar-refractivity contribution in [2.24, 2.45) is 0 Å². The van der Waals surface area contributed by atoms with E-state index in [1.807, 2.05) is 30.3 Å². The number of halogens is 3. The molecule has 1 fully saturated rings. The maximum Gasteiger partial charge on any atom is 0.404 e. The van der Waals surface area contributed by atoms with Gasteiger partial charge in [-0.05, 0) is 11.1 Å². The molecular formula is C20H21F3N2O. The van der Waals surface area contributed by atoms with Crippen LogP contribution in [0.2, 0.25) is 0 Å². The molecule has 6 heteroatoms. The second kappa shape index (κ2) is 7.91. The highest BCUT2D eigenvalue weighted by molar-refractivity contribution is 5.84. The van der Waals surface area contributed by atoms with E-state index in [1.54, 1.807) is 6.07 Å². The average Bonchev–Trinajstić information content (AvgIpc) is 2.63. The Morgan fingerprint density at radius 1 is 0.885 bits per heavy atom. The molecule has 3 nitrogen and oxygen atoms in total. The van der Waals surface area contributed by atoms with E-state index in [1.165, 1.54) is 29.2 Å². The lowest BCUT2D eigenvalue weighted by atomic mass is 9.96. The van der Waals surface area contributed by atoms with Crippen LogP contribution < -0.4 is 0 Å². The molecule has 1 heterocycles. The third-order valence-electron chi connectivity index (χ3n) is 4.64. The Hall–Kier alpha value is -2.34. The van der Waals surface area contributed by atoms with Gasteiger partial charge in [-0.2, -0.15) is 13.2 Å². The average molecular weight is 362 g/mol. The molecule has 1 atom stereocenters. The van der Waals surface area contributed by atoms with E-state index in [4.69, 9.17) is 0 Å². The molecular weight excluding hydrogens is 341 g/mol. The number of amides is 1. The maximum absolute atomic E-state index is 13.5. The normalized spacial score (nSPS) is 17.1. The summed E-state index contributed by atoms with van der Waals surface area (Å²) in [7, 11) is 0. The number of carbonyl (C=O) groups is 1. The minimum atomic E-state index is -4.60. The maximum atomic E-state index is 13.5. The smallest absolute Gasteiger partial charge is 0.339 e. The lowest BCUT2D eigenvalue weighted by molar-refractivity contribution is -0.173. The highest BCUT2D eigenvalue weighted by atomic mass is 19.4. The van der Waals surface area contributed by atoms with Gasteiger partial charge in [0.05, 0.1) is 0 Å². The van der Waals surface area contributed by atoms with E-state index in [0.29, 0.717) is 26.2 Å². The zero-order valence-corrected chi connectivity index (χ0v) is 14.3. The van der Waals surface area contributed by atoms with Crippen LogP contribution >= 0.6 is 0 Å². The van der Waals surface area contributed by atoms with Crippen LogP contribution in [0.3, 0.4) is 0 Å². The third kappa shape index (κ3) is 4.43. The molecule has 0 saturated carbocycles. The Balaban J connectivity index is 1.65. The molecule has 0 N–H and O–H groups in total. The summed E-state index contributed by atoms with van der Waals surface area (Å²) in [5.41, 5.74) is 1.15. The van der Waals surface area contributed by atoms with Crippen molar-refractivity contribution in [1.29, 1.82) is 0 Å². The highest BCUT2D eigenvalue weighted by Crippen LogP contribution is 2.36. The monoisotopic (exact) mass is 362 g/mol. The molecule has 2 aromatic rings. The van der Waals surface area contributed by atoms with E-state index in [-0.39, 0.29) is 5.56 Å². The minimum Gasteiger partial charge on any atom is -0.339 e. The summed E-state index contributed by atoms with van der Waals surface area (Å²) in [4.78, 5) is 16.1. The summed E-state index contributed by atoms with van der Waals surface area (Å²) in [6.07, 6.45) is -4.60. The van der Waals surface area contributed by atoms with Gasteiger partial charge < -0.3 is 4.90 Å². The molecule has 0 aliphatic carbocycles. The van der Waals surface area contributed by atoms with Crippen LogP contribution in [0.5, 0.6) is 0 Å². The lowest BCUT2D eigenvalue weighted by Crippen LogP contribution is -2.51. The zero-order valence-electron chi connectivity index (χ0n) is 14.3. The summed E-state index contributed by atoms with van der Waals surface area (Å²) in [6.45, 7) is 2.50. The van der Waals surface area contributed by atoms with Gasteiger partial charge in [0.25, 0.3) is 0 Å². The number of alkyl halides is 3. The molecule has 1 saturated heterocycles. The third-order valence-corrected chi connectivity index (χ3v) is 4.64. The Kier molecular flexibility index (Phi) is 5.61. The first-order valence-corrected chi connectivity index (χ1v) is 8.62. The van der Waals surface area contributed by atoms with E-state index >= 15 is 0 Å². The molecule has 0 radical (unpaired) electrons. The summed E-state index contributed by atoms with van der Waals surface area (Å²) in [6, 6.07) is 17.3. The van der Waals surface area contributed by atoms with Gasteiger partial charge >= 0.3 is 6.18 Å². The Morgan fingerprint density at radius 3 is 1.96 bits per heavy atom. The SMILES string of the molecule is O=C(C(c1ccccc1)C(F)(F)F)N1CCN(Cc2ccccc2)CC1. The minimum absolute atomic E-state index is 0.00304. The fourth-order valence-electron chi connectivity index (χ4n) is 3.27. The lowest BCUT2D eigenvalue weighted by Gasteiger charge is -2.36. The van der Waals surface area contributed by atoms with E-state index < -0.39 is 18.0 Å². The predicted molar refractivity (Wildman–Crippen MR) is 93.5 cm³/mol. The van der Waals surface area contributed by atoms with Crippen molar-refractivity contribution in [3.05, 3.63) is 71.8 Å². The molecule has 3 rings (SSSR count). The quantitative estimate of drug-likeness (QED) is 0.828. The Labute approximate surface area is 151 Å². The van der Waals surface area contributed by atoms with Crippen LogP contribution in [-0.4, -0.2) is 48.1 Å². The number of rotatable bonds is 4. The van der Waals surface area contributed by atoms with Gasteiger partial charge in [0.1, 0.15) is 0 Å². The fourth-order valence-corrected chi connectivity index (χ4v) is 3.27. The van der Waals surface area contributed by atoms with E-state index in [2.05, 4.69) is 4.90 Å². The van der Waals surface area contributed by atoms with Crippen LogP contribution in [0.4, 0.5) is 13.2 Å². The highest BCUT2D eigenvalue weighted by Gasteiger charge is 2.47. The largest absolute Gasteiger partial charge is 0.404 e. The molecule has 138 valence electrons. The van der Waals surface area contributed by atoms with Crippen LogP contribution in [0, 0.1) is 0 Å². The molecule has 1 unspecified atom stereocenters. The molecule has 1 aliphatic rings. The van der Waals surface area contributed by atoms with Gasteiger partial charge in [0.2, 0.25) is 5.91 Å². The standard InChI is InChI=1S/C20H21F3N2O/c21-20(22,23)18(17-9-5-2-6-10-17)19(26)25-13-11-24(12-14-25)15-16-7-3-1-4-8-16/h1-10,18H,11-15H2. The summed E-state index contributed by atoms with van der Waals surface area (Å²) < 4.78 is 40.6. The molecule has 26 heavy (non-hydrogen) atoms. The van der Waals surface area contributed by atoms with Gasteiger partial charge in [0, 0.05) is 32.7 Å². The molecule has 1 amide bonds. The number of benzene rings is 2. The van der Waals surface area contributed by atoms with Crippen LogP contribution in [0.1, 0.15) is 17.0 Å². The van der Waals surface area contributed by atoms with E-state index in [9.17, 15) is 18.0 Å². The summed E-state index contributed by atoms with van der Waals surface area (Å²) in [5, 5.41) is 0. The first kappa shape index (κ1) is 18.5. The number of nitrogens with zero attached hydrogens (tertiary/aromatic N) is 2. The number of piperazine rings is 1. The number of carbonyl (C=O) groups excluding carboxylic acids is 1. The van der Waals surface area contributed by atoms with Crippen LogP contribution in [-0.2, 0) is 11.3 Å². The van der Waals surface area contributed by atoms with Gasteiger partial charge in [-0.15, -0.1) is 0 Å². The van der Waals surface area contributed by atoms with Gasteiger partial charge in [-0.3, -0.25) is 9.69 Å². The van der Waals surface area contributed by atoms with Crippen LogP contribution in [0.15, 0.2) is 60.7 Å². The van der Waals surface area contributed by atoms with Gasteiger partial charge in [0.15, 0.2) is 5.92 Å². The van der Waals surface area contributed by atoms with Crippen molar-refractivity contribution in [3.63, 3.8) is 0 Å². The molecule has 0 bridgehead atoms. The van der Waals surface area contributed by atoms with Gasteiger partial charge in [-0.1, -0.05) is 60.7 Å². The predicted octanol–water partition coefficient (Wildman–Crippen LogP) is 3.68. The topological polar surface area (TPSA) is 23.6 Å². The Bertz CT molecular complexity index is 711. The van der Waals surface area contributed by atoms with Crippen LogP contribution in [0.25, 0.3) is 0 Å². The van der Waals surface area contributed by atoms with Crippen molar-refractivity contribution in [2.75, 3.05) is 26.2 Å². The first-order valence-electron chi connectivity index (χ1n) is 8.62. The molecule has 0 spiro atoms. The van der Waals surface area contributed by atoms with Crippen molar-refractivity contribution in [3.8, 4) is 0 Å². The first-order chi connectivity index (χ1) is 12.4. The summed E-state index contributed by atoms with van der Waals surface area (Å²) in [5.74, 6) is -2.95. The Morgan fingerprint density at radius 2 is 1.42 bits per heavy atom. The number of hydrogen-bond acceptors (Lipinski definition) is 2. The molecule has 1 aliphatic heterocycles. The van der Waals surface area contributed by atoms with Crippen molar-refractivity contribution in [1.82, 2.24) is 9.80 Å². The summed E-state index contributed by atoms with van der Waals surface area (Å²) >= 11 is 0. The van der Waals surface area contributed by atoms with Crippen molar-refractivity contribution in [2.45, 2.75) is 18.6 Å². The van der Waals surface area contributed by atoms with Crippen molar-refractivity contribution >= 4 is 5.91 Å². The molecule has 0 aromatic heterocycles. The molecule has 2 aromatic carbocycles. The van der Waals surface area contributed by atoms with Gasteiger partial charge in [-0.25, -0.2) is 0 Å².